The van der Waals surface area contributed by atoms with Gasteiger partial charge in [-0.05, 0) is 67.7 Å². The number of halogens is 1. The van der Waals surface area contributed by atoms with Gasteiger partial charge >= 0.3 is 5.97 Å². The summed E-state index contributed by atoms with van der Waals surface area (Å²) in [5.41, 5.74) is 2.37. The van der Waals surface area contributed by atoms with Crippen molar-refractivity contribution in [3.05, 3.63) is 114 Å². The van der Waals surface area contributed by atoms with Crippen molar-refractivity contribution in [1.29, 1.82) is 0 Å². The Hall–Kier alpha value is -2.67. The SMILES string of the molecule is C=C(C)[C@@H](OC(=O)c1ccccc1P(c1ccccc1)c1ccccc1)/C(C)=C/CCCCl. The summed E-state index contributed by atoms with van der Waals surface area (Å²) in [5.74, 6) is 0.278. The zero-order valence-electron chi connectivity index (χ0n) is 19.2. The highest BCUT2D eigenvalue weighted by atomic mass is 35.5. The quantitative estimate of drug-likeness (QED) is 0.110. The van der Waals surface area contributed by atoms with Gasteiger partial charge in [-0.3, -0.25) is 0 Å². The van der Waals surface area contributed by atoms with E-state index in [9.17, 15) is 4.79 Å². The van der Waals surface area contributed by atoms with Gasteiger partial charge < -0.3 is 4.74 Å². The largest absolute Gasteiger partial charge is 0.450 e. The molecule has 0 aliphatic heterocycles. The van der Waals surface area contributed by atoms with Crippen LogP contribution >= 0.6 is 19.5 Å². The van der Waals surface area contributed by atoms with Crippen LogP contribution in [0.4, 0.5) is 0 Å². The van der Waals surface area contributed by atoms with Gasteiger partial charge in [-0.2, -0.15) is 0 Å². The molecule has 4 heteroatoms. The number of alkyl halides is 1. The van der Waals surface area contributed by atoms with Crippen LogP contribution in [0.15, 0.2) is 109 Å². The van der Waals surface area contributed by atoms with Gasteiger partial charge in [0.15, 0.2) is 0 Å². The average molecular weight is 477 g/mol. The predicted octanol–water partition coefficient (Wildman–Crippen LogP) is 6.51. The third kappa shape index (κ3) is 6.67. The van der Waals surface area contributed by atoms with Gasteiger partial charge in [-0.15, -0.1) is 11.6 Å². The summed E-state index contributed by atoms with van der Waals surface area (Å²) in [6, 6.07) is 28.5. The van der Waals surface area contributed by atoms with Gasteiger partial charge in [-0.1, -0.05) is 91.5 Å². The second-order valence-corrected chi connectivity index (χ2v) is 10.5. The molecule has 2 nitrogen and oxygen atoms in total. The summed E-state index contributed by atoms with van der Waals surface area (Å²) in [6.45, 7) is 7.94. The Balaban J connectivity index is 1.99. The average Bonchev–Trinajstić information content (AvgIpc) is 2.84. The molecule has 0 saturated heterocycles. The molecule has 0 radical (unpaired) electrons. The first-order valence-corrected chi connectivity index (χ1v) is 13.0. The molecule has 0 aliphatic rings. The highest BCUT2D eigenvalue weighted by molar-refractivity contribution is 7.80. The summed E-state index contributed by atoms with van der Waals surface area (Å²) in [6.07, 6.45) is 3.36. The van der Waals surface area contributed by atoms with E-state index in [-0.39, 0.29) is 5.97 Å². The van der Waals surface area contributed by atoms with Gasteiger partial charge in [0, 0.05) is 5.88 Å². The van der Waals surface area contributed by atoms with Crippen LogP contribution in [0.2, 0.25) is 0 Å². The normalized spacial score (nSPS) is 12.4. The molecule has 0 amide bonds. The van der Waals surface area contributed by atoms with Crippen molar-refractivity contribution in [3.63, 3.8) is 0 Å². The van der Waals surface area contributed by atoms with Crippen LogP contribution in [0.25, 0.3) is 0 Å². The number of hydrogen-bond donors (Lipinski definition) is 0. The summed E-state index contributed by atoms with van der Waals surface area (Å²) in [5, 5.41) is 3.36. The number of rotatable bonds is 10. The summed E-state index contributed by atoms with van der Waals surface area (Å²) in [4.78, 5) is 13.5. The lowest BCUT2D eigenvalue weighted by molar-refractivity contribution is 0.0433. The number of unbranched alkanes of at least 4 members (excludes halogenated alkanes) is 1. The first kappa shape index (κ1) is 25.0. The maximum atomic E-state index is 13.5. The van der Waals surface area contributed by atoms with Gasteiger partial charge in [0.1, 0.15) is 6.10 Å². The number of benzene rings is 3. The molecule has 3 aromatic rings. The minimum atomic E-state index is -0.919. The van der Waals surface area contributed by atoms with Crippen LogP contribution in [-0.2, 0) is 4.74 Å². The highest BCUT2D eigenvalue weighted by Crippen LogP contribution is 2.34. The van der Waals surface area contributed by atoms with E-state index < -0.39 is 14.0 Å². The molecule has 3 aromatic carbocycles. The lowest BCUT2D eigenvalue weighted by atomic mass is 10.0. The lowest BCUT2D eigenvalue weighted by Gasteiger charge is -2.24. The molecule has 0 spiro atoms. The van der Waals surface area contributed by atoms with E-state index in [2.05, 4.69) is 36.9 Å². The zero-order valence-corrected chi connectivity index (χ0v) is 20.9. The molecule has 0 unspecified atom stereocenters. The summed E-state index contributed by atoms with van der Waals surface area (Å²) < 4.78 is 6.02. The van der Waals surface area contributed by atoms with Gasteiger partial charge in [0.2, 0.25) is 0 Å². The number of allylic oxidation sites excluding steroid dienone is 1. The molecular formula is C29H30ClO2P. The van der Waals surface area contributed by atoms with Crippen LogP contribution in [0.1, 0.15) is 37.0 Å². The maximum absolute atomic E-state index is 13.5. The van der Waals surface area contributed by atoms with Crippen LogP contribution in [-0.4, -0.2) is 18.0 Å². The number of ether oxygens (including phenoxy) is 1. The van der Waals surface area contributed by atoms with Crippen molar-refractivity contribution >= 4 is 41.4 Å². The second kappa shape index (κ2) is 12.5. The van der Waals surface area contributed by atoms with Crippen molar-refractivity contribution in [2.75, 3.05) is 5.88 Å². The Kier molecular flexibility index (Phi) is 9.48. The highest BCUT2D eigenvalue weighted by Gasteiger charge is 2.25. The van der Waals surface area contributed by atoms with Crippen LogP contribution < -0.4 is 15.9 Å². The number of esters is 1. The lowest BCUT2D eigenvalue weighted by Crippen LogP contribution is -2.28. The number of hydrogen-bond acceptors (Lipinski definition) is 2. The molecule has 3 rings (SSSR count). The van der Waals surface area contributed by atoms with E-state index in [1.165, 1.54) is 10.6 Å². The first-order chi connectivity index (χ1) is 16.0. The fourth-order valence-corrected chi connectivity index (χ4v) is 6.28. The molecule has 0 N–H and O–H groups in total. The molecular weight excluding hydrogens is 447 g/mol. The van der Waals surface area contributed by atoms with E-state index in [0.29, 0.717) is 11.4 Å². The third-order valence-electron chi connectivity index (χ3n) is 5.28. The predicted molar refractivity (Wildman–Crippen MR) is 143 cm³/mol. The maximum Gasteiger partial charge on any atom is 0.339 e. The van der Waals surface area contributed by atoms with Crippen molar-refractivity contribution < 1.29 is 9.53 Å². The Morgan fingerprint density at radius 2 is 1.48 bits per heavy atom. The molecule has 170 valence electrons. The van der Waals surface area contributed by atoms with Crippen LogP contribution in [0.5, 0.6) is 0 Å². The standard InChI is InChI=1S/C29H30ClO2P/c1-22(2)28(23(3)14-12-13-21-30)32-29(31)26-19-10-11-20-27(26)33(24-15-6-4-7-16-24)25-17-8-5-9-18-25/h4-11,14-20,28H,1,12-13,21H2,2-3H3/b23-14+/t28-/m1/s1. The Bertz CT molecular complexity index is 1050. The van der Waals surface area contributed by atoms with Gasteiger partial charge in [0.05, 0.1) is 5.56 Å². The topological polar surface area (TPSA) is 26.3 Å². The first-order valence-electron chi connectivity index (χ1n) is 11.1. The second-order valence-electron chi connectivity index (χ2n) is 7.93. The van der Waals surface area contributed by atoms with E-state index in [1.54, 1.807) is 0 Å². The molecule has 1 atom stereocenters. The fraction of sp³-hybridized carbons (Fsp3) is 0.207. The van der Waals surface area contributed by atoms with E-state index in [0.717, 1.165) is 29.3 Å². The van der Waals surface area contributed by atoms with Crippen molar-refractivity contribution in [2.45, 2.75) is 32.8 Å². The zero-order chi connectivity index (χ0) is 23.6. The minimum absolute atomic E-state index is 0.331. The fourth-order valence-electron chi connectivity index (χ4n) is 3.69. The molecule has 0 aliphatic carbocycles. The Morgan fingerprint density at radius 3 is 2.03 bits per heavy atom. The van der Waals surface area contributed by atoms with E-state index >= 15 is 0 Å². The van der Waals surface area contributed by atoms with Crippen LogP contribution in [0.3, 0.4) is 0 Å². The van der Waals surface area contributed by atoms with Gasteiger partial charge in [-0.25, -0.2) is 4.79 Å². The smallest absolute Gasteiger partial charge is 0.339 e. The van der Waals surface area contributed by atoms with Crippen molar-refractivity contribution in [3.8, 4) is 0 Å². The Morgan fingerprint density at radius 1 is 0.939 bits per heavy atom. The van der Waals surface area contributed by atoms with E-state index in [4.69, 9.17) is 16.3 Å². The summed E-state index contributed by atoms with van der Waals surface area (Å²) >= 11 is 5.81. The van der Waals surface area contributed by atoms with Crippen LogP contribution in [0, 0.1) is 0 Å². The number of carbonyl (C=O) groups excluding carboxylic acids is 1. The minimum Gasteiger partial charge on any atom is -0.450 e. The molecule has 0 heterocycles. The molecule has 0 fully saturated rings. The van der Waals surface area contributed by atoms with Gasteiger partial charge in [0.25, 0.3) is 0 Å². The third-order valence-corrected chi connectivity index (χ3v) is 8.05. The molecule has 0 bridgehead atoms. The molecule has 0 saturated carbocycles. The molecule has 33 heavy (non-hydrogen) atoms. The molecule has 0 aromatic heterocycles. The monoisotopic (exact) mass is 476 g/mol. The Labute approximate surface area is 203 Å². The number of carbonyl (C=O) groups is 1. The summed E-state index contributed by atoms with van der Waals surface area (Å²) in [7, 11) is -0.919. The van der Waals surface area contributed by atoms with Crippen molar-refractivity contribution in [2.24, 2.45) is 0 Å². The van der Waals surface area contributed by atoms with Crippen molar-refractivity contribution in [1.82, 2.24) is 0 Å². The van der Waals surface area contributed by atoms with E-state index in [1.807, 2.05) is 74.5 Å².